The maximum absolute atomic E-state index is 11.8. The second kappa shape index (κ2) is 7.25. The van der Waals surface area contributed by atoms with Crippen molar-refractivity contribution in [3.05, 3.63) is 0 Å². The lowest BCUT2D eigenvalue weighted by atomic mass is 9.99. The summed E-state index contributed by atoms with van der Waals surface area (Å²) in [6.07, 6.45) is 4.45. The summed E-state index contributed by atoms with van der Waals surface area (Å²) in [6.45, 7) is 10.5. The number of carbonyl (C=O) groups is 1. The standard InChI is InChI=1S/C15H30N2O2/c1-5-19-14(18)15(4,16)9-11-17(13-6-7-13)10-8-12(2)3/h12-13H,5-11,16H2,1-4H3. The second-order valence-corrected chi connectivity index (χ2v) is 6.34. The van der Waals surface area contributed by atoms with Gasteiger partial charge in [-0.2, -0.15) is 0 Å². The zero-order valence-corrected chi connectivity index (χ0v) is 12.9. The van der Waals surface area contributed by atoms with Crippen molar-refractivity contribution in [2.24, 2.45) is 11.7 Å². The van der Waals surface area contributed by atoms with Gasteiger partial charge in [0.15, 0.2) is 0 Å². The highest BCUT2D eigenvalue weighted by Crippen LogP contribution is 2.28. The Hall–Kier alpha value is -0.610. The number of hydrogen-bond donors (Lipinski definition) is 1. The molecule has 1 unspecified atom stereocenters. The van der Waals surface area contributed by atoms with Gasteiger partial charge in [0.1, 0.15) is 5.54 Å². The van der Waals surface area contributed by atoms with Crippen LogP contribution in [0.2, 0.25) is 0 Å². The van der Waals surface area contributed by atoms with Crippen LogP contribution in [0.5, 0.6) is 0 Å². The third kappa shape index (κ3) is 5.91. The molecule has 0 radical (unpaired) electrons. The Balaban J connectivity index is 2.40. The minimum atomic E-state index is -0.860. The van der Waals surface area contributed by atoms with E-state index in [-0.39, 0.29) is 5.97 Å². The van der Waals surface area contributed by atoms with Crippen LogP contribution < -0.4 is 5.73 Å². The largest absolute Gasteiger partial charge is 0.465 e. The molecular weight excluding hydrogens is 240 g/mol. The second-order valence-electron chi connectivity index (χ2n) is 6.34. The lowest BCUT2D eigenvalue weighted by Gasteiger charge is -2.28. The average Bonchev–Trinajstić information content (AvgIpc) is 3.13. The van der Waals surface area contributed by atoms with E-state index in [1.54, 1.807) is 6.92 Å². The fourth-order valence-electron chi connectivity index (χ4n) is 2.11. The number of hydrogen-bond acceptors (Lipinski definition) is 4. The summed E-state index contributed by atoms with van der Waals surface area (Å²) >= 11 is 0. The van der Waals surface area contributed by atoms with Gasteiger partial charge in [-0.3, -0.25) is 4.79 Å². The summed E-state index contributed by atoms with van der Waals surface area (Å²) in [5.41, 5.74) is 5.21. The molecule has 0 aromatic heterocycles. The molecular formula is C15H30N2O2. The van der Waals surface area contributed by atoms with Crippen LogP contribution in [-0.4, -0.2) is 42.1 Å². The molecule has 112 valence electrons. The van der Waals surface area contributed by atoms with E-state index < -0.39 is 5.54 Å². The molecule has 1 aliphatic carbocycles. The third-order valence-electron chi connectivity index (χ3n) is 3.72. The Bertz CT molecular complexity index is 286. The van der Waals surface area contributed by atoms with Crippen LogP contribution in [0.4, 0.5) is 0 Å². The maximum atomic E-state index is 11.8. The molecule has 0 aromatic carbocycles. The molecule has 1 fully saturated rings. The van der Waals surface area contributed by atoms with Crippen LogP contribution in [0.25, 0.3) is 0 Å². The summed E-state index contributed by atoms with van der Waals surface area (Å²) in [4.78, 5) is 14.3. The first-order valence-electron chi connectivity index (χ1n) is 7.57. The van der Waals surface area contributed by atoms with Gasteiger partial charge in [-0.25, -0.2) is 0 Å². The van der Waals surface area contributed by atoms with E-state index in [0.29, 0.717) is 13.0 Å². The average molecular weight is 270 g/mol. The quantitative estimate of drug-likeness (QED) is 0.652. The fourth-order valence-corrected chi connectivity index (χ4v) is 2.11. The third-order valence-corrected chi connectivity index (χ3v) is 3.72. The lowest BCUT2D eigenvalue weighted by molar-refractivity contribution is -0.149. The van der Waals surface area contributed by atoms with Gasteiger partial charge in [0.25, 0.3) is 0 Å². The number of nitrogens with zero attached hydrogens (tertiary/aromatic N) is 1. The highest BCUT2D eigenvalue weighted by Gasteiger charge is 2.34. The lowest BCUT2D eigenvalue weighted by Crippen LogP contribution is -2.48. The van der Waals surface area contributed by atoms with Gasteiger partial charge in [-0.1, -0.05) is 13.8 Å². The van der Waals surface area contributed by atoms with Crippen LogP contribution in [0.1, 0.15) is 53.4 Å². The van der Waals surface area contributed by atoms with Crippen LogP contribution in [-0.2, 0) is 9.53 Å². The highest BCUT2D eigenvalue weighted by molar-refractivity contribution is 5.79. The van der Waals surface area contributed by atoms with Crippen molar-refractivity contribution in [3.63, 3.8) is 0 Å². The van der Waals surface area contributed by atoms with E-state index in [1.165, 1.54) is 19.3 Å². The predicted molar refractivity (Wildman–Crippen MR) is 77.9 cm³/mol. The Labute approximate surface area is 117 Å². The fraction of sp³-hybridized carbons (Fsp3) is 0.933. The van der Waals surface area contributed by atoms with E-state index in [2.05, 4.69) is 18.7 Å². The molecule has 1 rings (SSSR count). The number of carbonyl (C=O) groups excluding carboxylic acids is 1. The summed E-state index contributed by atoms with van der Waals surface area (Å²) in [7, 11) is 0. The monoisotopic (exact) mass is 270 g/mol. The Morgan fingerprint density at radius 2 is 2.05 bits per heavy atom. The maximum Gasteiger partial charge on any atom is 0.325 e. The van der Waals surface area contributed by atoms with Crippen molar-refractivity contribution in [2.75, 3.05) is 19.7 Å². The first-order valence-corrected chi connectivity index (χ1v) is 7.57. The Morgan fingerprint density at radius 3 is 2.53 bits per heavy atom. The van der Waals surface area contributed by atoms with E-state index in [9.17, 15) is 4.79 Å². The summed E-state index contributed by atoms with van der Waals surface area (Å²) in [6, 6.07) is 0.719. The first-order chi connectivity index (χ1) is 8.86. The van der Waals surface area contributed by atoms with Gasteiger partial charge >= 0.3 is 5.97 Å². The van der Waals surface area contributed by atoms with Gasteiger partial charge in [0.2, 0.25) is 0 Å². The zero-order valence-electron chi connectivity index (χ0n) is 12.9. The molecule has 0 saturated heterocycles. The molecule has 2 N–H and O–H groups in total. The molecule has 0 spiro atoms. The van der Waals surface area contributed by atoms with Crippen molar-refractivity contribution in [2.45, 2.75) is 65.0 Å². The van der Waals surface area contributed by atoms with Crippen molar-refractivity contribution in [1.82, 2.24) is 4.90 Å². The Kier molecular flexibility index (Phi) is 6.27. The van der Waals surface area contributed by atoms with Crippen molar-refractivity contribution in [1.29, 1.82) is 0 Å². The molecule has 4 nitrogen and oxygen atoms in total. The smallest absolute Gasteiger partial charge is 0.325 e. The molecule has 1 aliphatic rings. The van der Waals surface area contributed by atoms with E-state index in [0.717, 1.165) is 25.0 Å². The number of esters is 1. The summed E-state index contributed by atoms with van der Waals surface area (Å²) in [5.74, 6) is 0.435. The number of nitrogens with two attached hydrogens (primary N) is 1. The molecule has 0 aromatic rings. The van der Waals surface area contributed by atoms with Gasteiger partial charge < -0.3 is 15.4 Å². The minimum Gasteiger partial charge on any atom is -0.465 e. The van der Waals surface area contributed by atoms with E-state index in [1.807, 2.05) is 6.92 Å². The van der Waals surface area contributed by atoms with Gasteiger partial charge in [0.05, 0.1) is 6.61 Å². The molecule has 4 heteroatoms. The van der Waals surface area contributed by atoms with E-state index >= 15 is 0 Å². The topological polar surface area (TPSA) is 55.6 Å². The van der Waals surface area contributed by atoms with Crippen LogP contribution in [0.3, 0.4) is 0 Å². The minimum absolute atomic E-state index is 0.283. The van der Waals surface area contributed by atoms with Crippen molar-refractivity contribution >= 4 is 5.97 Å². The Morgan fingerprint density at radius 1 is 1.42 bits per heavy atom. The molecule has 0 aliphatic heterocycles. The first kappa shape index (κ1) is 16.4. The van der Waals surface area contributed by atoms with E-state index in [4.69, 9.17) is 10.5 Å². The van der Waals surface area contributed by atoms with Crippen LogP contribution >= 0.6 is 0 Å². The van der Waals surface area contributed by atoms with Gasteiger partial charge in [-0.05, 0) is 52.0 Å². The summed E-state index contributed by atoms with van der Waals surface area (Å²) < 4.78 is 5.03. The predicted octanol–water partition coefficient (Wildman–Crippen LogP) is 2.17. The van der Waals surface area contributed by atoms with Gasteiger partial charge in [0, 0.05) is 12.6 Å². The molecule has 1 saturated carbocycles. The molecule has 1 atom stereocenters. The van der Waals surface area contributed by atoms with Crippen molar-refractivity contribution < 1.29 is 9.53 Å². The normalized spacial score (nSPS) is 18.7. The SMILES string of the molecule is CCOC(=O)C(C)(N)CCN(CCC(C)C)C1CC1. The zero-order chi connectivity index (χ0) is 14.5. The molecule has 19 heavy (non-hydrogen) atoms. The molecule has 0 heterocycles. The molecule has 0 bridgehead atoms. The number of ether oxygens (including phenoxy) is 1. The number of rotatable bonds is 9. The van der Waals surface area contributed by atoms with Crippen LogP contribution in [0, 0.1) is 5.92 Å². The van der Waals surface area contributed by atoms with Gasteiger partial charge in [-0.15, -0.1) is 0 Å². The van der Waals surface area contributed by atoms with Crippen LogP contribution in [0.15, 0.2) is 0 Å². The molecule has 0 amide bonds. The summed E-state index contributed by atoms with van der Waals surface area (Å²) in [5, 5.41) is 0. The highest BCUT2D eigenvalue weighted by atomic mass is 16.5. The van der Waals surface area contributed by atoms with Crippen molar-refractivity contribution in [3.8, 4) is 0 Å².